The Hall–Kier alpha value is -1.65. The second kappa shape index (κ2) is 6.00. The fourth-order valence-electron chi connectivity index (χ4n) is 2.17. The van der Waals surface area contributed by atoms with Crippen molar-refractivity contribution < 1.29 is 4.79 Å². The summed E-state index contributed by atoms with van der Waals surface area (Å²) in [5, 5.41) is 0.422. The van der Waals surface area contributed by atoms with Crippen LogP contribution in [-0.2, 0) is 6.54 Å². The van der Waals surface area contributed by atoms with Crippen LogP contribution in [0.25, 0.3) is 0 Å². The second-order valence-corrected chi connectivity index (χ2v) is 5.74. The molecule has 0 aromatic carbocycles. The highest BCUT2D eigenvalue weighted by Crippen LogP contribution is 2.31. The summed E-state index contributed by atoms with van der Waals surface area (Å²) in [4.78, 5) is 22.5. The first-order chi connectivity index (χ1) is 10.1. The predicted octanol–water partition coefficient (Wildman–Crippen LogP) is 3.59. The molecule has 1 aliphatic rings. The number of carbonyl (C=O) groups excluding carboxylic acids is 1. The minimum atomic E-state index is -0.115. The summed E-state index contributed by atoms with van der Waals surface area (Å²) >= 11 is 11.8. The van der Waals surface area contributed by atoms with E-state index in [2.05, 4.69) is 9.97 Å². The Balaban J connectivity index is 1.85. The van der Waals surface area contributed by atoms with E-state index >= 15 is 0 Å². The van der Waals surface area contributed by atoms with Gasteiger partial charge in [0.05, 0.1) is 5.56 Å². The zero-order chi connectivity index (χ0) is 14.8. The highest BCUT2D eigenvalue weighted by atomic mass is 35.5. The van der Waals surface area contributed by atoms with Gasteiger partial charge in [0.2, 0.25) is 0 Å². The summed E-state index contributed by atoms with van der Waals surface area (Å²) in [7, 11) is 0. The van der Waals surface area contributed by atoms with Gasteiger partial charge >= 0.3 is 0 Å². The maximum atomic E-state index is 12.7. The molecule has 3 rings (SSSR count). The summed E-state index contributed by atoms with van der Waals surface area (Å²) in [6, 6.07) is 7.29. The predicted molar refractivity (Wildman–Crippen MR) is 81.4 cm³/mol. The van der Waals surface area contributed by atoms with Gasteiger partial charge in [-0.25, -0.2) is 4.98 Å². The van der Waals surface area contributed by atoms with Gasteiger partial charge < -0.3 is 4.90 Å². The largest absolute Gasteiger partial charge is 0.331 e. The van der Waals surface area contributed by atoms with Crippen LogP contribution in [-0.4, -0.2) is 26.8 Å². The molecule has 0 N–H and O–H groups in total. The lowest BCUT2D eigenvalue weighted by Crippen LogP contribution is -2.33. The number of pyridine rings is 2. The molecule has 108 valence electrons. The van der Waals surface area contributed by atoms with Crippen molar-refractivity contribution in [1.29, 1.82) is 0 Å². The van der Waals surface area contributed by atoms with Crippen molar-refractivity contribution in [1.82, 2.24) is 14.9 Å². The molecule has 1 fully saturated rings. The monoisotopic (exact) mass is 321 g/mol. The quantitative estimate of drug-likeness (QED) is 0.808. The standard InChI is InChI=1S/C15H13Cl2N3O/c16-13-6-5-12(14(17)19-13)15(21)20(11-3-4-11)9-10-2-1-7-18-8-10/h1-2,5-8,11H,3-4,9H2. The molecule has 2 aromatic rings. The number of nitrogens with zero attached hydrogens (tertiary/aromatic N) is 3. The third kappa shape index (κ3) is 3.34. The molecule has 6 heteroatoms. The minimum Gasteiger partial charge on any atom is -0.331 e. The zero-order valence-corrected chi connectivity index (χ0v) is 12.7. The van der Waals surface area contributed by atoms with Crippen molar-refractivity contribution in [2.75, 3.05) is 0 Å². The Labute approximate surface area is 132 Å². The van der Waals surface area contributed by atoms with Crippen molar-refractivity contribution in [3.63, 3.8) is 0 Å². The number of rotatable bonds is 4. The molecule has 21 heavy (non-hydrogen) atoms. The van der Waals surface area contributed by atoms with Gasteiger partial charge in [0.25, 0.3) is 5.91 Å². The van der Waals surface area contributed by atoms with Crippen LogP contribution in [0.1, 0.15) is 28.8 Å². The highest BCUT2D eigenvalue weighted by Gasteiger charge is 2.34. The van der Waals surface area contributed by atoms with E-state index in [4.69, 9.17) is 23.2 Å². The summed E-state index contributed by atoms with van der Waals surface area (Å²) in [6.45, 7) is 0.524. The molecule has 2 aromatic heterocycles. The average molecular weight is 322 g/mol. The van der Waals surface area contributed by atoms with E-state index in [1.807, 2.05) is 17.0 Å². The molecule has 0 radical (unpaired) electrons. The van der Waals surface area contributed by atoms with Crippen molar-refractivity contribution in [3.8, 4) is 0 Å². The van der Waals surface area contributed by atoms with Crippen molar-refractivity contribution >= 4 is 29.1 Å². The summed E-state index contributed by atoms with van der Waals surface area (Å²) in [5.41, 5.74) is 1.38. The molecule has 2 heterocycles. The van der Waals surface area contributed by atoms with E-state index in [1.54, 1.807) is 24.5 Å². The Morgan fingerprint density at radius 1 is 1.29 bits per heavy atom. The van der Waals surface area contributed by atoms with Gasteiger partial charge in [-0.3, -0.25) is 9.78 Å². The number of carbonyl (C=O) groups is 1. The van der Waals surface area contributed by atoms with E-state index in [1.165, 1.54) is 0 Å². The second-order valence-electron chi connectivity index (χ2n) is 5.00. The van der Waals surface area contributed by atoms with Gasteiger partial charge in [-0.1, -0.05) is 29.3 Å². The minimum absolute atomic E-state index is 0.115. The average Bonchev–Trinajstić information content (AvgIpc) is 3.30. The molecular formula is C15H13Cl2N3O. The molecule has 0 spiro atoms. The molecule has 0 unspecified atom stereocenters. The lowest BCUT2D eigenvalue weighted by Gasteiger charge is -2.22. The van der Waals surface area contributed by atoms with Crippen LogP contribution in [0.4, 0.5) is 0 Å². The lowest BCUT2D eigenvalue weighted by molar-refractivity contribution is 0.0729. The third-order valence-corrected chi connectivity index (χ3v) is 3.87. The normalized spacial score (nSPS) is 14.0. The van der Waals surface area contributed by atoms with Gasteiger partial charge in [-0.05, 0) is 36.6 Å². The first-order valence-corrected chi connectivity index (χ1v) is 7.42. The molecule has 0 bridgehead atoms. The molecule has 1 amide bonds. The fourth-order valence-corrected chi connectivity index (χ4v) is 2.59. The molecule has 1 saturated carbocycles. The maximum Gasteiger partial charge on any atom is 0.257 e. The Morgan fingerprint density at radius 2 is 2.10 bits per heavy atom. The molecule has 1 aliphatic carbocycles. The van der Waals surface area contributed by atoms with Gasteiger partial charge in [0.15, 0.2) is 0 Å². The van der Waals surface area contributed by atoms with Crippen molar-refractivity contribution in [2.45, 2.75) is 25.4 Å². The number of amides is 1. The Morgan fingerprint density at radius 3 is 2.71 bits per heavy atom. The fraction of sp³-hybridized carbons (Fsp3) is 0.267. The Bertz CT molecular complexity index is 659. The van der Waals surface area contributed by atoms with Crippen LogP contribution in [0.5, 0.6) is 0 Å². The lowest BCUT2D eigenvalue weighted by atomic mass is 10.2. The van der Waals surface area contributed by atoms with E-state index in [0.29, 0.717) is 12.1 Å². The third-order valence-electron chi connectivity index (χ3n) is 3.37. The molecule has 0 saturated heterocycles. The van der Waals surface area contributed by atoms with Crippen LogP contribution in [0.15, 0.2) is 36.7 Å². The van der Waals surface area contributed by atoms with Gasteiger partial charge in [-0.15, -0.1) is 0 Å². The molecule has 4 nitrogen and oxygen atoms in total. The first kappa shape index (κ1) is 14.3. The summed E-state index contributed by atoms with van der Waals surface area (Å²) in [6.07, 6.45) is 5.52. The summed E-state index contributed by atoms with van der Waals surface area (Å²) < 4.78 is 0. The highest BCUT2D eigenvalue weighted by molar-refractivity contribution is 6.34. The van der Waals surface area contributed by atoms with Crippen molar-refractivity contribution in [2.24, 2.45) is 0 Å². The number of halogens is 2. The van der Waals surface area contributed by atoms with Gasteiger partial charge in [0.1, 0.15) is 10.3 Å². The summed E-state index contributed by atoms with van der Waals surface area (Å²) in [5.74, 6) is -0.115. The van der Waals surface area contributed by atoms with Crippen LogP contribution < -0.4 is 0 Å². The SMILES string of the molecule is O=C(c1ccc(Cl)nc1Cl)N(Cc1cccnc1)C1CC1. The number of hydrogen-bond donors (Lipinski definition) is 0. The van der Waals surface area contributed by atoms with E-state index in [-0.39, 0.29) is 22.3 Å². The van der Waals surface area contributed by atoms with Crippen molar-refractivity contribution in [3.05, 3.63) is 58.1 Å². The number of aromatic nitrogens is 2. The maximum absolute atomic E-state index is 12.7. The van der Waals surface area contributed by atoms with Crippen LogP contribution >= 0.6 is 23.2 Å². The zero-order valence-electron chi connectivity index (χ0n) is 11.2. The molecular weight excluding hydrogens is 309 g/mol. The molecule has 0 atom stereocenters. The van der Waals surface area contributed by atoms with Crippen LogP contribution in [0, 0.1) is 0 Å². The first-order valence-electron chi connectivity index (χ1n) is 6.67. The Kier molecular flexibility index (Phi) is 4.08. The topological polar surface area (TPSA) is 46.1 Å². The van der Waals surface area contributed by atoms with Gasteiger partial charge in [0, 0.05) is 25.0 Å². The van der Waals surface area contributed by atoms with E-state index in [9.17, 15) is 4.79 Å². The van der Waals surface area contributed by atoms with Gasteiger partial charge in [-0.2, -0.15) is 0 Å². The van der Waals surface area contributed by atoms with Crippen LogP contribution in [0.3, 0.4) is 0 Å². The number of hydrogen-bond acceptors (Lipinski definition) is 3. The smallest absolute Gasteiger partial charge is 0.257 e. The van der Waals surface area contributed by atoms with Crippen LogP contribution in [0.2, 0.25) is 10.3 Å². The molecule has 0 aliphatic heterocycles. The van der Waals surface area contributed by atoms with E-state index in [0.717, 1.165) is 18.4 Å². The van der Waals surface area contributed by atoms with E-state index < -0.39 is 0 Å².